The van der Waals surface area contributed by atoms with Gasteiger partial charge in [-0.2, -0.15) is 0 Å². The van der Waals surface area contributed by atoms with Crippen molar-refractivity contribution >= 4 is 17.2 Å². The van der Waals surface area contributed by atoms with E-state index < -0.39 is 0 Å². The molecular formula is C24H30N4. The van der Waals surface area contributed by atoms with Crippen LogP contribution in [0.4, 0.5) is 5.95 Å². The molecule has 0 saturated heterocycles. The zero-order chi connectivity index (χ0) is 19.8. The van der Waals surface area contributed by atoms with Crippen molar-refractivity contribution in [2.45, 2.75) is 52.0 Å². The minimum atomic E-state index is 0.432. The Labute approximate surface area is 168 Å². The van der Waals surface area contributed by atoms with Crippen molar-refractivity contribution in [2.24, 2.45) is 5.92 Å². The first kappa shape index (κ1) is 18.7. The fourth-order valence-electron chi connectivity index (χ4n) is 4.03. The summed E-state index contributed by atoms with van der Waals surface area (Å²) in [6.45, 7) is 16.0. The molecule has 2 N–H and O–H groups in total. The summed E-state index contributed by atoms with van der Waals surface area (Å²) in [6.07, 6.45) is 5.62. The number of nitrogens with one attached hydrogen (secondary N) is 2. The van der Waals surface area contributed by atoms with Crippen molar-refractivity contribution in [1.29, 1.82) is 0 Å². The number of aryl methyl sites for hydroxylation is 1. The van der Waals surface area contributed by atoms with E-state index in [2.05, 4.69) is 60.8 Å². The van der Waals surface area contributed by atoms with Crippen LogP contribution in [0.1, 0.15) is 67.0 Å². The molecule has 146 valence electrons. The third kappa shape index (κ3) is 3.68. The summed E-state index contributed by atoms with van der Waals surface area (Å²) in [5.74, 6) is 1.97. The van der Waals surface area contributed by atoms with E-state index in [9.17, 15) is 0 Å². The number of hydrogen-bond donors (Lipinski definition) is 2. The van der Waals surface area contributed by atoms with E-state index in [1.54, 1.807) is 0 Å². The molecule has 1 aliphatic carbocycles. The molecule has 1 fully saturated rings. The van der Waals surface area contributed by atoms with Gasteiger partial charge in [0.1, 0.15) is 0 Å². The first-order chi connectivity index (χ1) is 13.4. The number of nitrogens with zero attached hydrogens (tertiary/aromatic N) is 2. The molecule has 2 aliphatic rings. The van der Waals surface area contributed by atoms with E-state index in [1.807, 2.05) is 13.1 Å². The van der Waals surface area contributed by atoms with Crippen LogP contribution >= 0.6 is 0 Å². The fourth-order valence-corrected chi connectivity index (χ4v) is 4.03. The monoisotopic (exact) mass is 374 g/mol. The number of fused-ring (bicyclic) bond motifs is 1. The van der Waals surface area contributed by atoms with E-state index in [1.165, 1.54) is 24.0 Å². The molecule has 1 saturated carbocycles. The lowest BCUT2D eigenvalue weighted by atomic mass is 9.89. The van der Waals surface area contributed by atoms with Crippen molar-refractivity contribution in [3.05, 3.63) is 65.5 Å². The quantitative estimate of drug-likeness (QED) is 0.762. The molecule has 0 amide bonds. The molecule has 1 aromatic heterocycles. The van der Waals surface area contributed by atoms with Gasteiger partial charge in [-0.3, -0.25) is 0 Å². The first-order valence-electron chi connectivity index (χ1n) is 10.3. The molecule has 2 atom stereocenters. The molecule has 2 aromatic rings. The second-order valence-corrected chi connectivity index (χ2v) is 8.34. The SMILES string of the molecule is C=C1NCCC(C)c2cc(C(=C)c3cnc(N[C@H](C)C4CC4)nc3C)ccc21. The highest BCUT2D eigenvalue weighted by molar-refractivity contribution is 5.81. The Morgan fingerprint density at radius 3 is 2.79 bits per heavy atom. The van der Waals surface area contributed by atoms with Crippen LogP contribution in [0.3, 0.4) is 0 Å². The van der Waals surface area contributed by atoms with Gasteiger partial charge >= 0.3 is 0 Å². The lowest BCUT2D eigenvalue weighted by Crippen LogP contribution is -2.19. The first-order valence-corrected chi connectivity index (χ1v) is 10.3. The Morgan fingerprint density at radius 2 is 2.07 bits per heavy atom. The highest BCUT2D eigenvalue weighted by Crippen LogP contribution is 2.35. The molecule has 1 aliphatic heterocycles. The topological polar surface area (TPSA) is 49.8 Å². The smallest absolute Gasteiger partial charge is 0.223 e. The van der Waals surface area contributed by atoms with Gasteiger partial charge in [-0.15, -0.1) is 0 Å². The maximum atomic E-state index is 4.69. The zero-order valence-corrected chi connectivity index (χ0v) is 17.2. The number of aromatic nitrogens is 2. The van der Waals surface area contributed by atoms with Crippen molar-refractivity contribution in [3.63, 3.8) is 0 Å². The van der Waals surface area contributed by atoms with Crippen molar-refractivity contribution in [3.8, 4) is 0 Å². The normalized spacial score (nSPS) is 20.0. The van der Waals surface area contributed by atoms with E-state index in [0.717, 1.165) is 47.0 Å². The predicted molar refractivity (Wildman–Crippen MR) is 117 cm³/mol. The highest BCUT2D eigenvalue weighted by Gasteiger charge is 2.28. The van der Waals surface area contributed by atoms with Gasteiger partial charge in [0, 0.05) is 35.6 Å². The molecule has 0 radical (unpaired) electrons. The van der Waals surface area contributed by atoms with Crippen LogP contribution in [0.25, 0.3) is 11.3 Å². The van der Waals surface area contributed by atoms with Crippen molar-refractivity contribution in [1.82, 2.24) is 15.3 Å². The largest absolute Gasteiger partial charge is 0.385 e. The summed E-state index contributed by atoms with van der Waals surface area (Å²) in [4.78, 5) is 9.25. The highest BCUT2D eigenvalue weighted by atomic mass is 15.1. The third-order valence-corrected chi connectivity index (χ3v) is 6.16. The molecule has 4 heteroatoms. The van der Waals surface area contributed by atoms with Gasteiger partial charge in [0.2, 0.25) is 5.95 Å². The maximum Gasteiger partial charge on any atom is 0.223 e. The summed E-state index contributed by atoms with van der Waals surface area (Å²) in [5.41, 5.74) is 7.61. The molecule has 1 aromatic carbocycles. The van der Waals surface area contributed by atoms with Gasteiger partial charge in [-0.1, -0.05) is 38.3 Å². The van der Waals surface area contributed by atoms with E-state index in [4.69, 9.17) is 4.98 Å². The molecule has 1 unspecified atom stereocenters. The zero-order valence-electron chi connectivity index (χ0n) is 17.2. The molecule has 4 rings (SSSR count). The van der Waals surface area contributed by atoms with Gasteiger partial charge in [0.25, 0.3) is 0 Å². The lowest BCUT2D eigenvalue weighted by Gasteiger charge is -2.17. The van der Waals surface area contributed by atoms with Crippen molar-refractivity contribution < 1.29 is 0 Å². The van der Waals surface area contributed by atoms with Crippen LogP contribution in [-0.2, 0) is 0 Å². The molecule has 0 spiro atoms. The number of benzene rings is 1. The summed E-state index contributed by atoms with van der Waals surface area (Å²) in [7, 11) is 0. The number of anilines is 1. The Kier molecular flexibility index (Phi) is 4.96. The Morgan fingerprint density at radius 1 is 1.29 bits per heavy atom. The van der Waals surface area contributed by atoms with Crippen LogP contribution < -0.4 is 10.6 Å². The molecule has 28 heavy (non-hydrogen) atoms. The van der Waals surface area contributed by atoms with Crippen LogP contribution in [0.15, 0.2) is 37.6 Å². The van der Waals surface area contributed by atoms with Crippen LogP contribution in [0.5, 0.6) is 0 Å². The fraction of sp³-hybridized carbons (Fsp3) is 0.417. The molecule has 4 nitrogen and oxygen atoms in total. The van der Waals surface area contributed by atoms with Gasteiger partial charge in [-0.05, 0) is 61.6 Å². The molecular weight excluding hydrogens is 344 g/mol. The summed E-state index contributed by atoms with van der Waals surface area (Å²) >= 11 is 0. The maximum absolute atomic E-state index is 4.69. The third-order valence-electron chi connectivity index (χ3n) is 6.16. The predicted octanol–water partition coefficient (Wildman–Crippen LogP) is 5.12. The molecule has 2 heterocycles. The van der Waals surface area contributed by atoms with Gasteiger partial charge < -0.3 is 10.6 Å². The van der Waals surface area contributed by atoms with Gasteiger partial charge in [0.15, 0.2) is 0 Å². The lowest BCUT2D eigenvalue weighted by molar-refractivity contribution is 0.672. The van der Waals surface area contributed by atoms with E-state index in [-0.39, 0.29) is 0 Å². The minimum Gasteiger partial charge on any atom is -0.385 e. The van der Waals surface area contributed by atoms with Crippen LogP contribution in [0, 0.1) is 12.8 Å². The number of hydrogen-bond acceptors (Lipinski definition) is 4. The van der Waals surface area contributed by atoms with E-state index in [0.29, 0.717) is 17.9 Å². The average molecular weight is 375 g/mol. The Balaban J connectivity index is 1.60. The second kappa shape index (κ2) is 7.42. The van der Waals surface area contributed by atoms with Gasteiger partial charge in [-0.25, -0.2) is 9.97 Å². The number of rotatable bonds is 5. The Hall–Kier alpha value is -2.62. The average Bonchev–Trinajstić information content (AvgIpc) is 3.52. The summed E-state index contributed by atoms with van der Waals surface area (Å²) in [5, 5.41) is 6.85. The van der Waals surface area contributed by atoms with E-state index >= 15 is 0 Å². The second-order valence-electron chi connectivity index (χ2n) is 8.34. The van der Waals surface area contributed by atoms with Gasteiger partial charge in [0.05, 0.1) is 5.69 Å². The van der Waals surface area contributed by atoms with Crippen LogP contribution in [0.2, 0.25) is 0 Å². The summed E-state index contributed by atoms with van der Waals surface area (Å²) in [6, 6.07) is 6.99. The summed E-state index contributed by atoms with van der Waals surface area (Å²) < 4.78 is 0. The molecule has 0 bridgehead atoms. The van der Waals surface area contributed by atoms with Crippen molar-refractivity contribution in [2.75, 3.05) is 11.9 Å². The Bertz CT molecular complexity index is 926. The standard InChI is InChI=1S/C24H30N4/c1-14-10-11-25-17(4)21-9-8-20(12-22(14)21)15(2)23-13-26-24(28-18(23)5)27-16(3)19-6-7-19/h8-9,12-14,16,19,25H,2,4,6-7,10-11H2,1,3,5H3,(H,26,27,28)/t14?,16-/m1/s1. The van der Waals surface area contributed by atoms with Crippen LogP contribution in [-0.4, -0.2) is 22.6 Å². The minimum absolute atomic E-state index is 0.432.